The molecule has 7 heteroatoms. The molecule has 0 atom stereocenters. The van der Waals surface area contributed by atoms with Gasteiger partial charge < -0.3 is 4.90 Å². The molecule has 1 aliphatic heterocycles. The molecule has 1 aromatic heterocycles. The summed E-state index contributed by atoms with van der Waals surface area (Å²) in [5, 5.41) is 3.17. The van der Waals surface area contributed by atoms with E-state index in [0.29, 0.717) is 10.6 Å². The van der Waals surface area contributed by atoms with Gasteiger partial charge in [-0.15, -0.1) is 11.3 Å². The van der Waals surface area contributed by atoms with Gasteiger partial charge in [-0.05, 0) is 55.2 Å². The van der Waals surface area contributed by atoms with Gasteiger partial charge in [0.05, 0.1) is 10.6 Å². The summed E-state index contributed by atoms with van der Waals surface area (Å²) in [6.07, 6.45) is 9.58. The average molecular weight is 470 g/mol. The van der Waals surface area contributed by atoms with Gasteiger partial charge in [-0.2, -0.15) is 0 Å². The monoisotopic (exact) mass is 469 g/mol. The number of rotatable bonds is 11. The maximum atomic E-state index is 12.8. The molecule has 0 saturated carbocycles. The number of nitrogens with zero attached hydrogens (tertiary/aromatic N) is 2. The predicted molar refractivity (Wildman–Crippen MR) is 134 cm³/mol. The van der Waals surface area contributed by atoms with Gasteiger partial charge in [0, 0.05) is 23.3 Å². The van der Waals surface area contributed by atoms with Gasteiger partial charge in [-0.3, -0.25) is 4.72 Å². The van der Waals surface area contributed by atoms with Gasteiger partial charge in [0.25, 0.3) is 10.0 Å². The zero-order valence-electron chi connectivity index (χ0n) is 18.6. The molecule has 4 rings (SSSR count). The number of aryl methyl sites for hydroxylation is 1. The van der Waals surface area contributed by atoms with Crippen molar-refractivity contribution in [3.05, 3.63) is 65.2 Å². The molecule has 0 saturated heterocycles. The Labute approximate surface area is 195 Å². The summed E-state index contributed by atoms with van der Waals surface area (Å²) in [4.78, 5) is 7.38. The number of fused-ring (bicyclic) bond motifs is 1. The Kier molecular flexibility index (Phi) is 7.48. The van der Waals surface area contributed by atoms with Crippen molar-refractivity contribution < 1.29 is 8.42 Å². The molecule has 3 aromatic rings. The van der Waals surface area contributed by atoms with E-state index in [4.69, 9.17) is 4.98 Å². The zero-order chi connectivity index (χ0) is 22.4. The summed E-state index contributed by atoms with van der Waals surface area (Å²) in [6, 6.07) is 14.4. The Morgan fingerprint density at radius 2 is 1.81 bits per heavy atom. The van der Waals surface area contributed by atoms with Gasteiger partial charge in [-0.25, -0.2) is 13.4 Å². The van der Waals surface area contributed by atoms with Crippen molar-refractivity contribution >= 4 is 37.9 Å². The fourth-order valence-corrected chi connectivity index (χ4v) is 6.09. The third-order valence-corrected chi connectivity index (χ3v) is 8.13. The minimum absolute atomic E-state index is 0.296. The Morgan fingerprint density at radius 1 is 1.03 bits per heavy atom. The molecule has 1 aliphatic rings. The number of sulfonamides is 1. The fraction of sp³-hybridized carbons (Fsp3) is 0.400. The second-order valence-corrected chi connectivity index (χ2v) is 10.8. The Bertz CT molecular complexity index is 1130. The first-order valence-corrected chi connectivity index (χ1v) is 13.9. The number of unbranched alkanes of at least 4 members (excludes halogenated alkanes) is 5. The molecule has 32 heavy (non-hydrogen) atoms. The molecule has 0 fully saturated rings. The summed E-state index contributed by atoms with van der Waals surface area (Å²) in [5.41, 5.74) is 3.84. The SMILES string of the molecule is CCCCCCCCc1csc(N2CCc3cc(S(=O)(=O)Nc4ccccc4)ccc32)n1. The molecule has 5 nitrogen and oxygen atoms in total. The number of para-hydroxylation sites is 1. The first-order chi connectivity index (χ1) is 15.6. The molecule has 0 aliphatic carbocycles. The van der Waals surface area contributed by atoms with Crippen LogP contribution >= 0.6 is 11.3 Å². The van der Waals surface area contributed by atoms with Crippen LogP contribution in [0.2, 0.25) is 0 Å². The van der Waals surface area contributed by atoms with Crippen molar-refractivity contribution in [2.24, 2.45) is 0 Å². The lowest BCUT2D eigenvalue weighted by Crippen LogP contribution is -2.14. The van der Waals surface area contributed by atoms with Gasteiger partial charge in [-0.1, -0.05) is 57.2 Å². The third-order valence-electron chi connectivity index (χ3n) is 5.84. The quantitative estimate of drug-likeness (QED) is 0.324. The van der Waals surface area contributed by atoms with Crippen molar-refractivity contribution in [3.63, 3.8) is 0 Å². The topological polar surface area (TPSA) is 62.3 Å². The lowest BCUT2D eigenvalue weighted by atomic mass is 10.1. The van der Waals surface area contributed by atoms with Crippen molar-refractivity contribution in [2.75, 3.05) is 16.2 Å². The van der Waals surface area contributed by atoms with Crippen molar-refractivity contribution in [1.29, 1.82) is 0 Å². The van der Waals surface area contributed by atoms with Gasteiger partial charge in [0.1, 0.15) is 0 Å². The van der Waals surface area contributed by atoms with Crippen LogP contribution < -0.4 is 9.62 Å². The minimum atomic E-state index is -3.61. The van der Waals surface area contributed by atoms with Crippen LogP contribution in [0.25, 0.3) is 0 Å². The highest BCUT2D eigenvalue weighted by molar-refractivity contribution is 7.92. The summed E-state index contributed by atoms with van der Waals surface area (Å²) in [5.74, 6) is 0. The van der Waals surface area contributed by atoms with Crippen molar-refractivity contribution in [2.45, 2.75) is 63.2 Å². The van der Waals surface area contributed by atoms with E-state index in [1.807, 2.05) is 24.3 Å². The molecule has 0 bridgehead atoms. The number of benzene rings is 2. The fourth-order valence-electron chi connectivity index (χ4n) is 4.09. The van der Waals surface area contributed by atoms with Crippen molar-refractivity contribution in [3.8, 4) is 0 Å². The minimum Gasteiger partial charge on any atom is -0.317 e. The number of hydrogen-bond acceptors (Lipinski definition) is 5. The normalized spacial score (nSPS) is 13.3. The molecule has 1 N–H and O–H groups in total. The summed E-state index contributed by atoms with van der Waals surface area (Å²) < 4.78 is 28.3. The molecule has 0 amide bonds. The lowest BCUT2D eigenvalue weighted by Gasteiger charge is -2.16. The van der Waals surface area contributed by atoms with Crippen LogP contribution in [0.5, 0.6) is 0 Å². The van der Waals surface area contributed by atoms with E-state index in [0.717, 1.165) is 35.8 Å². The van der Waals surface area contributed by atoms with Crippen LogP contribution in [0.1, 0.15) is 56.7 Å². The van der Waals surface area contributed by atoms with Gasteiger partial charge in [0.2, 0.25) is 0 Å². The van der Waals surface area contributed by atoms with E-state index >= 15 is 0 Å². The first-order valence-electron chi connectivity index (χ1n) is 11.5. The number of nitrogens with one attached hydrogen (secondary N) is 1. The molecule has 0 unspecified atom stereocenters. The second kappa shape index (κ2) is 10.5. The zero-order valence-corrected chi connectivity index (χ0v) is 20.2. The van der Waals surface area contributed by atoms with E-state index in [-0.39, 0.29) is 0 Å². The molecule has 2 aromatic carbocycles. The van der Waals surface area contributed by atoms with Crippen LogP contribution in [-0.2, 0) is 22.9 Å². The van der Waals surface area contributed by atoms with E-state index in [2.05, 4.69) is 21.9 Å². The number of hydrogen-bond donors (Lipinski definition) is 1. The number of aromatic nitrogens is 1. The Balaban J connectivity index is 1.40. The molecular formula is C25H31N3O2S2. The number of thiazole rings is 1. The van der Waals surface area contributed by atoms with Crippen LogP contribution in [0.15, 0.2) is 58.8 Å². The molecule has 2 heterocycles. The van der Waals surface area contributed by atoms with Crippen LogP contribution in [0.4, 0.5) is 16.5 Å². The Morgan fingerprint density at radius 3 is 2.62 bits per heavy atom. The maximum absolute atomic E-state index is 12.8. The second-order valence-electron chi connectivity index (χ2n) is 8.30. The van der Waals surface area contributed by atoms with E-state index in [9.17, 15) is 8.42 Å². The van der Waals surface area contributed by atoms with E-state index < -0.39 is 10.0 Å². The lowest BCUT2D eigenvalue weighted by molar-refractivity contribution is 0.601. The van der Waals surface area contributed by atoms with Crippen molar-refractivity contribution in [1.82, 2.24) is 4.98 Å². The standard InChI is InChI=1S/C25H31N3O2S2/c1-2-3-4-5-6-8-13-22-19-31-25(26-22)28-17-16-20-18-23(14-15-24(20)28)32(29,30)27-21-11-9-7-10-12-21/h7,9-12,14-15,18-19,27H,2-6,8,13,16-17H2,1H3. The van der Waals surface area contributed by atoms with Gasteiger partial charge in [0.15, 0.2) is 5.13 Å². The van der Waals surface area contributed by atoms with Gasteiger partial charge >= 0.3 is 0 Å². The highest BCUT2D eigenvalue weighted by Crippen LogP contribution is 2.37. The maximum Gasteiger partial charge on any atom is 0.261 e. The summed E-state index contributed by atoms with van der Waals surface area (Å²) in [6.45, 7) is 3.07. The predicted octanol–water partition coefficient (Wildman–Crippen LogP) is 6.54. The molecular weight excluding hydrogens is 438 g/mol. The Hall–Kier alpha value is -2.38. The summed E-state index contributed by atoms with van der Waals surface area (Å²) >= 11 is 1.68. The highest BCUT2D eigenvalue weighted by atomic mass is 32.2. The third kappa shape index (κ3) is 5.51. The van der Waals surface area contributed by atoms with Crippen LogP contribution in [-0.4, -0.2) is 19.9 Å². The smallest absolute Gasteiger partial charge is 0.261 e. The number of anilines is 3. The van der Waals surface area contributed by atoms with Crippen LogP contribution in [0, 0.1) is 0 Å². The van der Waals surface area contributed by atoms with E-state index in [1.54, 1.807) is 35.6 Å². The summed E-state index contributed by atoms with van der Waals surface area (Å²) in [7, 11) is -3.61. The van der Waals surface area contributed by atoms with Crippen LogP contribution in [0.3, 0.4) is 0 Å². The average Bonchev–Trinajstić information content (AvgIpc) is 3.43. The highest BCUT2D eigenvalue weighted by Gasteiger charge is 2.25. The van der Waals surface area contributed by atoms with E-state index in [1.165, 1.54) is 44.2 Å². The first kappa shape index (κ1) is 22.8. The molecule has 0 radical (unpaired) electrons. The molecule has 170 valence electrons. The molecule has 0 spiro atoms. The largest absolute Gasteiger partial charge is 0.317 e.